The van der Waals surface area contributed by atoms with Gasteiger partial charge in [0.1, 0.15) is 5.82 Å². The summed E-state index contributed by atoms with van der Waals surface area (Å²) < 4.78 is 0. The second-order valence-electron chi connectivity index (χ2n) is 4.39. The number of rotatable bonds is 5. The lowest BCUT2D eigenvalue weighted by Gasteiger charge is -2.14. The van der Waals surface area contributed by atoms with Gasteiger partial charge in [-0.3, -0.25) is 0 Å². The van der Waals surface area contributed by atoms with Gasteiger partial charge in [-0.05, 0) is 30.9 Å². The van der Waals surface area contributed by atoms with Crippen molar-refractivity contribution in [3.63, 3.8) is 0 Å². The van der Waals surface area contributed by atoms with Crippen LogP contribution in [0.2, 0.25) is 0 Å². The third kappa shape index (κ3) is 4.74. The van der Waals surface area contributed by atoms with E-state index in [0.717, 1.165) is 24.3 Å². The van der Waals surface area contributed by atoms with E-state index in [2.05, 4.69) is 29.4 Å². The summed E-state index contributed by atoms with van der Waals surface area (Å²) in [5.74, 6) is 1.43. The highest BCUT2D eigenvalue weighted by Crippen LogP contribution is 2.06. The summed E-state index contributed by atoms with van der Waals surface area (Å²) in [5.41, 5.74) is 7.05. The van der Waals surface area contributed by atoms with Crippen molar-refractivity contribution in [2.24, 2.45) is 11.7 Å². The standard InChI is InChI=1S/C11H20N4/c1-8(2)4-10(12)7-13-11-5-9(3)6-14-15-11/h5-6,8,10H,4,7,12H2,1-3H3,(H,13,15). The van der Waals surface area contributed by atoms with Gasteiger partial charge in [0, 0.05) is 12.6 Å². The van der Waals surface area contributed by atoms with Gasteiger partial charge in [-0.15, -0.1) is 5.10 Å². The van der Waals surface area contributed by atoms with E-state index in [-0.39, 0.29) is 6.04 Å². The third-order valence-electron chi connectivity index (χ3n) is 2.11. The van der Waals surface area contributed by atoms with E-state index in [1.807, 2.05) is 13.0 Å². The van der Waals surface area contributed by atoms with Crippen LogP contribution in [-0.4, -0.2) is 22.8 Å². The summed E-state index contributed by atoms with van der Waals surface area (Å²) in [6.45, 7) is 7.09. The van der Waals surface area contributed by atoms with Crippen LogP contribution >= 0.6 is 0 Å². The molecule has 1 heterocycles. The van der Waals surface area contributed by atoms with Crippen LogP contribution in [0.1, 0.15) is 25.8 Å². The van der Waals surface area contributed by atoms with Crippen molar-refractivity contribution < 1.29 is 0 Å². The van der Waals surface area contributed by atoms with Gasteiger partial charge in [0.25, 0.3) is 0 Å². The van der Waals surface area contributed by atoms with Gasteiger partial charge in [-0.1, -0.05) is 13.8 Å². The minimum atomic E-state index is 0.173. The Labute approximate surface area is 91.3 Å². The molecule has 0 saturated carbocycles. The zero-order valence-electron chi connectivity index (χ0n) is 9.70. The summed E-state index contributed by atoms with van der Waals surface area (Å²) in [7, 11) is 0. The molecule has 1 aromatic rings. The van der Waals surface area contributed by atoms with E-state index in [0.29, 0.717) is 5.92 Å². The highest BCUT2D eigenvalue weighted by molar-refractivity contribution is 5.35. The average molecular weight is 208 g/mol. The Bertz CT molecular complexity index is 298. The first-order valence-corrected chi connectivity index (χ1v) is 5.36. The van der Waals surface area contributed by atoms with E-state index < -0.39 is 0 Å². The highest BCUT2D eigenvalue weighted by atomic mass is 15.2. The molecule has 15 heavy (non-hydrogen) atoms. The van der Waals surface area contributed by atoms with Gasteiger partial charge in [-0.25, -0.2) is 0 Å². The topological polar surface area (TPSA) is 63.8 Å². The van der Waals surface area contributed by atoms with Crippen molar-refractivity contribution in [3.8, 4) is 0 Å². The van der Waals surface area contributed by atoms with Gasteiger partial charge in [0.15, 0.2) is 0 Å². The molecule has 0 amide bonds. The predicted octanol–water partition coefficient (Wildman–Crippen LogP) is 1.57. The molecule has 1 aromatic heterocycles. The second kappa shape index (κ2) is 5.66. The normalized spacial score (nSPS) is 12.9. The maximum Gasteiger partial charge on any atom is 0.148 e. The number of aryl methyl sites for hydroxylation is 1. The fourth-order valence-corrected chi connectivity index (χ4v) is 1.47. The van der Waals surface area contributed by atoms with Crippen molar-refractivity contribution in [1.82, 2.24) is 10.2 Å². The lowest BCUT2D eigenvalue weighted by Crippen LogP contribution is -2.30. The Morgan fingerprint density at radius 1 is 1.47 bits per heavy atom. The van der Waals surface area contributed by atoms with Crippen LogP contribution in [0.5, 0.6) is 0 Å². The molecule has 0 aliphatic heterocycles. The van der Waals surface area contributed by atoms with Gasteiger partial charge in [-0.2, -0.15) is 5.10 Å². The summed E-state index contributed by atoms with van der Waals surface area (Å²) in [5, 5.41) is 11.0. The molecule has 0 aromatic carbocycles. The van der Waals surface area contributed by atoms with Gasteiger partial charge >= 0.3 is 0 Å². The minimum Gasteiger partial charge on any atom is -0.367 e. The van der Waals surface area contributed by atoms with Gasteiger partial charge in [0.05, 0.1) is 6.20 Å². The maximum atomic E-state index is 5.95. The lowest BCUT2D eigenvalue weighted by atomic mass is 10.0. The fraction of sp³-hybridized carbons (Fsp3) is 0.636. The summed E-state index contributed by atoms with van der Waals surface area (Å²) in [6.07, 6.45) is 2.76. The molecule has 1 rings (SSSR count). The Hall–Kier alpha value is -1.16. The van der Waals surface area contributed by atoms with E-state index in [1.54, 1.807) is 6.20 Å². The summed E-state index contributed by atoms with van der Waals surface area (Å²) in [4.78, 5) is 0. The molecule has 0 radical (unpaired) electrons. The highest BCUT2D eigenvalue weighted by Gasteiger charge is 2.05. The summed E-state index contributed by atoms with van der Waals surface area (Å²) >= 11 is 0. The van der Waals surface area contributed by atoms with Crippen molar-refractivity contribution in [2.45, 2.75) is 33.2 Å². The molecule has 3 N–H and O–H groups in total. The van der Waals surface area contributed by atoms with Crippen LogP contribution in [0.3, 0.4) is 0 Å². The third-order valence-corrected chi connectivity index (χ3v) is 2.11. The predicted molar refractivity (Wildman–Crippen MR) is 62.7 cm³/mol. The number of nitrogens with two attached hydrogens (primary N) is 1. The maximum absolute atomic E-state index is 5.95. The number of nitrogens with zero attached hydrogens (tertiary/aromatic N) is 2. The Morgan fingerprint density at radius 3 is 2.80 bits per heavy atom. The van der Waals surface area contributed by atoms with E-state index in [9.17, 15) is 0 Å². The average Bonchev–Trinajstić information content (AvgIpc) is 2.14. The Kier molecular flexibility index (Phi) is 4.49. The first kappa shape index (κ1) is 11.9. The van der Waals surface area contributed by atoms with Gasteiger partial charge in [0.2, 0.25) is 0 Å². The fourth-order valence-electron chi connectivity index (χ4n) is 1.47. The zero-order chi connectivity index (χ0) is 11.3. The largest absolute Gasteiger partial charge is 0.367 e. The Balaban J connectivity index is 2.36. The molecular weight excluding hydrogens is 188 g/mol. The number of aromatic nitrogens is 2. The number of nitrogens with one attached hydrogen (secondary N) is 1. The molecule has 0 fully saturated rings. The van der Waals surface area contributed by atoms with Crippen LogP contribution < -0.4 is 11.1 Å². The molecule has 0 aliphatic rings. The van der Waals surface area contributed by atoms with Crippen LogP contribution in [0, 0.1) is 12.8 Å². The Morgan fingerprint density at radius 2 is 2.20 bits per heavy atom. The first-order chi connectivity index (χ1) is 7.08. The molecule has 4 heteroatoms. The molecule has 0 saturated heterocycles. The van der Waals surface area contributed by atoms with E-state index >= 15 is 0 Å². The molecule has 1 unspecified atom stereocenters. The van der Waals surface area contributed by atoms with Crippen LogP contribution in [-0.2, 0) is 0 Å². The smallest absolute Gasteiger partial charge is 0.148 e. The molecule has 0 bridgehead atoms. The molecule has 0 aliphatic carbocycles. The van der Waals surface area contributed by atoms with Crippen LogP contribution in [0.25, 0.3) is 0 Å². The molecule has 84 valence electrons. The van der Waals surface area contributed by atoms with Crippen molar-refractivity contribution >= 4 is 5.82 Å². The molecule has 4 nitrogen and oxygen atoms in total. The zero-order valence-corrected chi connectivity index (χ0v) is 9.70. The first-order valence-electron chi connectivity index (χ1n) is 5.36. The van der Waals surface area contributed by atoms with Crippen molar-refractivity contribution in [2.75, 3.05) is 11.9 Å². The minimum absolute atomic E-state index is 0.173. The van der Waals surface area contributed by atoms with Crippen LogP contribution in [0.15, 0.2) is 12.3 Å². The molecular formula is C11H20N4. The number of anilines is 1. The van der Waals surface area contributed by atoms with E-state index in [1.165, 1.54) is 0 Å². The monoisotopic (exact) mass is 208 g/mol. The molecule has 0 spiro atoms. The number of hydrogen-bond donors (Lipinski definition) is 2. The summed E-state index contributed by atoms with van der Waals surface area (Å²) in [6, 6.07) is 2.14. The SMILES string of the molecule is Cc1cnnc(NCC(N)CC(C)C)c1. The molecule has 1 atom stereocenters. The van der Waals surface area contributed by atoms with Gasteiger partial charge < -0.3 is 11.1 Å². The van der Waals surface area contributed by atoms with Crippen molar-refractivity contribution in [1.29, 1.82) is 0 Å². The quantitative estimate of drug-likeness (QED) is 0.771. The number of hydrogen-bond acceptors (Lipinski definition) is 4. The van der Waals surface area contributed by atoms with E-state index in [4.69, 9.17) is 5.73 Å². The van der Waals surface area contributed by atoms with Crippen LogP contribution in [0.4, 0.5) is 5.82 Å². The van der Waals surface area contributed by atoms with Crippen molar-refractivity contribution in [3.05, 3.63) is 17.8 Å². The lowest BCUT2D eigenvalue weighted by molar-refractivity contribution is 0.508. The second-order valence-corrected chi connectivity index (χ2v) is 4.39.